The van der Waals surface area contributed by atoms with Gasteiger partial charge in [0.05, 0.1) is 5.69 Å². The topological polar surface area (TPSA) is 41.6 Å². The van der Waals surface area contributed by atoms with Crippen molar-refractivity contribution in [1.29, 1.82) is 0 Å². The summed E-state index contributed by atoms with van der Waals surface area (Å²) in [6.45, 7) is 0. The van der Waals surface area contributed by atoms with Crippen LogP contribution in [-0.4, -0.2) is 20.7 Å². The zero-order valence-electron chi connectivity index (χ0n) is 8.99. The molecule has 82 valence electrons. The second-order valence-electron chi connectivity index (χ2n) is 4.64. The molecule has 0 saturated heterocycles. The van der Waals surface area contributed by atoms with Crippen LogP contribution in [0.25, 0.3) is 11.0 Å². The molecular weight excluding hydrogens is 218 g/mol. The van der Waals surface area contributed by atoms with Crippen molar-refractivity contribution < 1.29 is 0 Å². The first-order valence-electron chi connectivity index (χ1n) is 5.85. The number of nitrogens with one attached hydrogen (secondary N) is 1. The summed E-state index contributed by atoms with van der Waals surface area (Å²) in [6.07, 6.45) is 5.48. The third-order valence-electron chi connectivity index (χ3n) is 3.52. The van der Waals surface area contributed by atoms with Gasteiger partial charge in [0.2, 0.25) is 0 Å². The van der Waals surface area contributed by atoms with Crippen LogP contribution in [0, 0.1) is 0 Å². The molecule has 16 heavy (non-hydrogen) atoms. The van der Waals surface area contributed by atoms with Gasteiger partial charge in [0.1, 0.15) is 12.0 Å². The summed E-state index contributed by atoms with van der Waals surface area (Å²) in [7, 11) is 0. The summed E-state index contributed by atoms with van der Waals surface area (Å²) in [5, 5.41) is 1.34. The molecule has 0 bridgehead atoms. The van der Waals surface area contributed by atoms with Gasteiger partial charge in [-0.2, -0.15) is 11.8 Å². The van der Waals surface area contributed by atoms with Crippen LogP contribution in [-0.2, 0) is 12.2 Å². The van der Waals surface area contributed by atoms with Gasteiger partial charge >= 0.3 is 0 Å². The number of aromatic amines is 1. The molecule has 4 heteroatoms. The second kappa shape index (κ2) is 3.23. The minimum Gasteiger partial charge on any atom is -0.343 e. The van der Waals surface area contributed by atoms with E-state index in [9.17, 15) is 0 Å². The van der Waals surface area contributed by atoms with Gasteiger partial charge in [-0.05, 0) is 30.6 Å². The summed E-state index contributed by atoms with van der Waals surface area (Å²) in [4.78, 5) is 12.4. The lowest BCUT2D eigenvalue weighted by atomic mass is 10.1. The monoisotopic (exact) mass is 231 g/mol. The molecule has 0 radical (unpaired) electrons. The van der Waals surface area contributed by atoms with Crippen molar-refractivity contribution >= 4 is 22.8 Å². The minimum atomic E-state index is 0.706. The van der Waals surface area contributed by atoms with Gasteiger partial charge in [-0.25, -0.2) is 9.97 Å². The first-order chi connectivity index (χ1) is 7.93. The fraction of sp³-hybridized carbons (Fsp3) is 0.500. The normalized spacial score (nSPS) is 20.0. The quantitative estimate of drug-likeness (QED) is 0.820. The van der Waals surface area contributed by atoms with Gasteiger partial charge in [-0.1, -0.05) is 0 Å². The Kier molecular flexibility index (Phi) is 1.83. The van der Waals surface area contributed by atoms with Gasteiger partial charge in [0, 0.05) is 22.8 Å². The van der Waals surface area contributed by atoms with Gasteiger partial charge < -0.3 is 4.98 Å². The van der Waals surface area contributed by atoms with Gasteiger partial charge in [0.25, 0.3) is 0 Å². The molecule has 1 aliphatic carbocycles. The Bertz CT molecular complexity index is 557. The molecule has 0 atom stereocenters. The molecule has 1 fully saturated rings. The van der Waals surface area contributed by atoms with E-state index in [1.807, 2.05) is 11.8 Å². The van der Waals surface area contributed by atoms with Gasteiger partial charge in [-0.15, -0.1) is 0 Å². The highest BCUT2D eigenvalue weighted by atomic mass is 32.2. The Morgan fingerprint density at radius 2 is 2.25 bits per heavy atom. The molecule has 0 amide bonds. The number of thioether (sulfide) groups is 1. The molecule has 2 aromatic rings. The van der Waals surface area contributed by atoms with Crippen LogP contribution in [0.2, 0.25) is 0 Å². The molecule has 1 aliphatic heterocycles. The number of fused-ring (bicyclic) bond motifs is 3. The third kappa shape index (κ3) is 1.22. The fourth-order valence-corrected chi connectivity index (χ4v) is 3.56. The number of hydrogen-bond donors (Lipinski definition) is 1. The van der Waals surface area contributed by atoms with E-state index in [0.29, 0.717) is 5.92 Å². The minimum absolute atomic E-state index is 0.706. The third-order valence-corrected chi connectivity index (χ3v) is 4.50. The molecule has 2 aliphatic rings. The van der Waals surface area contributed by atoms with Crippen molar-refractivity contribution in [3.8, 4) is 0 Å². The lowest BCUT2D eigenvalue weighted by Gasteiger charge is -2.11. The number of aromatic nitrogens is 3. The van der Waals surface area contributed by atoms with Crippen LogP contribution >= 0.6 is 11.8 Å². The van der Waals surface area contributed by atoms with Crippen LogP contribution in [0.3, 0.4) is 0 Å². The molecule has 4 rings (SSSR count). The predicted octanol–water partition coefficient (Wildman–Crippen LogP) is 2.62. The van der Waals surface area contributed by atoms with Gasteiger partial charge in [-0.3, -0.25) is 0 Å². The molecule has 3 heterocycles. The highest BCUT2D eigenvalue weighted by Gasteiger charge is 2.30. The summed E-state index contributed by atoms with van der Waals surface area (Å²) < 4.78 is 0. The highest BCUT2D eigenvalue weighted by Crippen LogP contribution is 2.43. The Hall–Kier alpha value is -1.03. The molecule has 1 N–H and O–H groups in total. The molecule has 2 aromatic heterocycles. The van der Waals surface area contributed by atoms with Crippen molar-refractivity contribution in [2.24, 2.45) is 0 Å². The number of nitrogens with zero attached hydrogens (tertiary/aromatic N) is 2. The smallest absolute Gasteiger partial charge is 0.141 e. The van der Waals surface area contributed by atoms with Crippen molar-refractivity contribution in [3.05, 3.63) is 23.3 Å². The number of H-pyrrole nitrogens is 1. The molecule has 1 saturated carbocycles. The summed E-state index contributed by atoms with van der Waals surface area (Å²) in [6, 6.07) is 0. The van der Waals surface area contributed by atoms with E-state index in [1.54, 1.807) is 6.33 Å². The van der Waals surface area contributed by atoms with E-state index in [1.165, 1.54) is 40.9 Å². The molecule has 0 unspecified atom stereocenters. The van der Waals surface area contributed by atoms with Crippen LogP contribution in [0.5, 0.6) is 0 Å². The predicted molar refractivity (Wildman–Crippen MR) is 65.7 cm³/mol. The standard InChI is InChI=1S/C12H13N3S/c1-2-7(1)11-10-8-5-16-4-3-9(8)15-12(10)14-6-13-11/h6-7H,1-5H2,(H,13,14,15). The average molecular weight is 231 g/mol. The molecular formula is C12H13N3S. The summed E-state index contributed by atoms with van der Waals surface area (Å²) >= 11 is 2.02. The Morgan fingerprint density at radius 3 is 3.12 bits per heavy atom. The lowest BCUT2D eigenvalue weighted by molar-refractivity contribution is 1.02. The highest BCUT2D eigenvalue weighted by molar-refractivity contribution is 7.98. The molecule has 0 aromatic carbocycles. The number of rotatable bonds is 1. The molecule has 3 nitrogen and oxygen atoms in total. The zero-order chi connectivity index (χ0) is 10.5. The fourth-order valence-electron chi connectivity index (χ4n) is 2.55. The first-order valence-corrected chi connectivity index (χ1v) is 7.01. The van der Waals surface area contributed by atoms with E-state index in [0.717, 1.165) is 17.8 Å². The summed E-state index contributed by atoms with van der Waals surface area (Å²) in [5.74, 6) is 3.06. The van der Waals surface area contributed by atoms with E-state index >= 15 is 0 Å². The van der Waals surface area contributed by atoms with Crippen molar-refractivity contribution in [2.75, 3.05) is 5.75 Å². The van der Waals surface area contributed by atoms with Crippen LogP contribution in [0.4, 0.5) is 0 Å². The van der Waals surface area contributed by atoms with E-state index in [-0.39, 0.29) is 0 Å². The van der Waals surface area contributed by atoms with Crippen LogP contribution < -0.4 is 0 Å². The van der Waals surface area contributed by atoms with Crippen molar-refractivity contribution in [3.63, 3.8) is 0 Å². The molecule has 0 spiro atoms. The van der Waals surface area contributed by atoms with Crippen LogP contribution in [0.1, 0.15) is 35.7 Å². The Morgan fingerprint density at radius 1 is 1.31 bits per heavy atom. The maximum absolute atomic E-state index is 4.51. The summed E-state index contributed by atoms with van der Waals surface area (Å²) in [5.41, 5.74) is 5.24. The average Bonchev–Trinajstić information content (AvgIpc) is 3.09. The maximum atomic E-state index is 4.51. The van der Waals surface area contributed by atoms with E-state index < -0.39 is 0 Å². The lowest BCUT2D eigenvalue weighted by Crippen LogP contribution is -2.00. The van der Waals surface area contributed by atoms with Gasteiger partial charge in [0.15, 0.2) is 0 Å². The van der Waals surface area contributed by atoms with E-state index in [4.69, 9.17) is 0 Å². The maximum Gasteiger partial charge on any atom is 0.141 e. The SMILES string of the molecule is c1nc(C2CC2)c2c3c([nH]c2n1)CCSC3. The Labute approximate surface area is 98.1 Å². The Balaban J connectivity index is 2.03. The largest absolute Gasteiger partial charge is 0.343 e. The first kappa shape index (κ1) is 9.05. The number of aryl methyl sites for hydroxylation is 1. The second-order valence-corrected chi connectivity index (χ2v) is 5.75. The van der Waals surface area contributed by atoms with Crippen molar-refractivity contribution in [1.82, 2.24) is 15.0 Å². The van der Waals surface area contributed by atoms with Crippen LogP contribution in [0.15, 0.2) is 6.33 Å². The van der Waals surface area contributed by atoms with E-state index in [2.05, 4.69) is 15.0 Å². The zero-order valence-corrected chi connectivity index (χ0v) is 9.81. The number of hydrogen-bond acceptors (Lipinski definition) is 3. The van der Waals surface area contributed by atoms with Crippen molar-refractivity contribution in [2.45, 2.75) is 30.9 Å².